The molecule has 0 aliphatic carbocycles. The maximum atomic E-state index is 5.68. The molecule has 80 valence electrons. The van der Waals surface area contributed by atoms with E-state index in [9.17, 15) is 0 Å². The zero-order chi connectivity index (χ0) is 11.1. The summed E-state index contributed by atoms with van der Waals surface area (Å²) < 4.78 is 5.68. The second-order valence-electron chi connectivity index (χ2n) is 3.26. The normalized spacial score (nSPS) is 12.1. The van der Waals surface area contributed by atoms with Crippen molar-refractivity contribution in [3.05, 3.63) is 60.7 Å². The third-order valence-corrected chi connectivity index (χ3v) is 2.79. The summed E-state index contributed by atoms with van der Waals surface area (Å²) in [5.41, 5.74) is 2.15. The maximum absolute atomic E-state index is 5.68. The van der Waals surface area contributed by atoms with Crippen LogP contribution in [0.5, 0.6) is 0 Å². The van der Waals surface area contributed by atoms with Crippen LogP contribution in [0.4, 0.5) is 0 Å². The van der Waals surface area contributed by atoms with Crippen LogP contribution in [0.1, 0.15) is 11.7 Å². The van der Waals surface area contributed by atoms with E-state index in [0.717, 1.165) is 16.5 Å². The highest BCUT2D eigenvalue weighted by Gasteiger charge is 2.06. The fourth-order valence-electron chi connectivity index (χ4n) is 1.19. The van der Waals surface area contributed by atoms with Crippen LogP contribution >= 0.6 is 15.9 Å². The lowest BCUT2D eigenvalue weighted by molar-refractivity contribution is 0.105. The van der Waals surface area contributed by atoms with Crippen molar-refractivity contribution in [1.29, 1.82) is 0 Å². The molecule has 0 aliphatic heterocycles. The van der Waals surface area contributed by atoms with Crippen molar-refractivity contribution in [3.8, 4) is 0 Å². The highest BCUT2D eigenvalue weighted by atomic mass is 79.9. The molecule has 0 aliphatic rings. The minimum atomic E-state index is -0.0537. The molecule has 0 saturated heterocycles. The molecule has 0 fully saturated rings. The highest BCUT2D eigenvalue weighted by Crippen LogP contribution is 2.18. The van der Waals surface area contributed by atoms with Crippen molar-refractivity contribution < 1.29 is 4.74 Å². The molecule has 0 heterocycles. The zero-order valence-electron chi connectivity index (χ0n) is 8.66. The smallest absolute Gasteiger partial charge is 0.101 e. The third-order valence-electron chi connectivity index (χ3n) is 2.00. The molecule has 1 atom stereocenters. The lowest BCUT2D eigenvalue weighted by atomic mass is 10.1. The van der Waals surface area contributed by atoms with Crippen molar-refractivity contribution in [2.75, 3.05) is 11.9 Å². The molecule has 0 bridgehead atoms. The molecule has 1 nitrogen and oxygen atoms in total. The van der Waals surface area contributed by atoms with E-state index in [-0.39, 0.29) is 6.10 Å². The Morgan fingerprint density at radius 2 is 2.07 bits per heavy atom. The van der Waals surface area contributed by atoms with Crippen molar-refractivity contribution in [2.45, 2.75) is 6.10 Å². The van der Waals surface area contributed by atoms with Crippen molar-refractivity contribution >= 4 is 15.9 Å². The molecule has 0 spiro atoms. The van der Waals surface area contributed by atoms with Crippen molar-refractivity contribution in [2.24, 2.45) is 0 Å². The van der Waals surface area contributed by atoms with Gasteiger partial charge in [0.15, 0.2) is 0 Å². The molecule has 2 heteroatoms. The van der Waals surface area contributed by atoms with Gasteiger partial charge in [-0.25, -0.2) is 0 Å². The lowest BCUT2D eigenvalue weighted by Gasteiger charge is -2.14. The Balaban J connectivity index is 2.57. The van der Waals surface area contributed by atoms with Gasteiger partial charge < -0.3 is 4.74 Å². The first-order valence-corrected chi connectivity index (χ1v) is 5.91. The fourth-order valence-corrected chi connectivity index (χ4v) is 1.35. The van der Waals surface area contributed by atoms with Gasteiger partial charge in [-0.05, 0) is 11.1 Å². The molecule has 1 unspecified atom stereocenters. The number of ether oxygens (including phenoxy) is 1. The number of hydrogen-bond donors (Lipinski definition) is 0. The van der Waals surface area contributed by atoms with Gasteiger partial charge in [0, 0.05) is 5.33 Å². The number of halogens is 1. The van der Waals surface area contributed by atoms with Crippen LogP contribution in [-0.2, 0) is 4.74 Å². The summed E-state index contributed by atoms with van der Waals surface area (Å²) >= 11 is 3.34. The Kier molecular flexibility index (Phi) is 5.37. The average Bonchev–Trinajstić information content (AvgIpc) is 2.31. The summed E-state index contributed by atoms with van der Waals surface area (Å²) in [5, 5.41) is 0.769. The summed E-state index contributed by atoms with van der Waals surface area (Å²) in [5.74, 6) is 0. The number of benzene rings is 1. The second-order valence-corrected chi connectivity index (χ2v) is 3.82. The molecule has 0 amide bonds. The average molecular weight is 267 g/mol. The Morgan fingerprint density at radius 1 is 1.40 bits per heavy atom. The maximum Gasteiger partial charge on any atom is 0.101 e. The molecule has 1 aromatic carbocycles. The van der Waals surface area contributed by atoms with Crippen LogP contribution < -0.4 is 0 Å². The molecular formula is C13H15BrO. The summed E-state index contributed by atoms with van der Waals surface area (Å²) in [7, 11) is 0. The first-order valence-electron chi connectivity index (χ1n) is 4.79. The standard InChI is InChI=1S/C13H15BrO/c1-3-13(15-10-11(2)9-14)12-7-5-4-6-8-12/h3-8,13H,1-2,9-10H2. The van der Waals surface area contributed by atoms with Gasteiger partial charge in [-0.15, -0.1) is 6.58 Å². The molecule has 1 rings (SSSR count). The van der Waals surface area contributed by atoms with Crippen LogP contribution in [0.15, 0.2) is 55.1 Å². The Bertz CT molecular complexity index is 319. The van der Waals surface area contributed by atoms with Gasteiger partial charge in [-0.2, -0.15) is 0 Å². The Labute approximate surface area is 99.6 Å². The van der Waals surface area contributed by atoms with E-state index in [0.29, 0.717) is 6.61 Å². The minimum Gasteiger partial charge on any atom is -0.365 e. The third kappa shape index (κ3) is 4.02. The van der Waals surface area contributed by atoms with E-state index in [1.54, 1.807) is 6.08 Å². The number of alkyl halides is 1. The first-order chi connectivity index (χ1) is 7.27. The summed E-state index contributed by atoms with van der Waals surface area (Å²) in [6.07, 6.45) is 1.75. The summed E-state index contributed by atoms with van der Waals surface area (Å²) in [6.45, 7) is 8.19. The van der Waals surface area contributed by atoms with Gasteiger partial charge >= 0.3 is 0 Å². The summed E-state index contributed by atoms with van der Waals surface area (Å²) in [6, 6.07) is 10.0. The second kappa shape index (κ2) is 6.59. The van der Waals surface area contributed by atoms with Gasteiger partial charge in [0.25, 0.3) is 0 Å². The van der Waals surface area contributed by atoms with Crippen molar-refractivity contribution in [1.82, 2.24) is 0 Å². The van der Waals surface area contributed by atoms with Gasteiger partial charge in [0.05, 0.1) is 6.61 Å². The van der Waals surface area contributed by atoms with E-state index in [1.165, 1.54) is 0 Å². The topological polar surface area (TPSA) is 9.23 Å². The van der Waals surface area contributed by atoms with Gasteiger partial charge in [-0.1, -0.05) is 58.9 Å². The largest absolute Gasteiger partial charge is 0.365 e. The molecule has 0 aromatic heterocycles. The van der Waals surface area contributed by atoms with Crippen LogP contribution in [-0.4, -0.2) is 11.9 Å². The molecule has 0 radical (unpaired) electrons. The van der Waals surface area contributed by atoms with E-state index < -0.39 is 0 Å². The Morgan fingerprint density at radius 3 is 2.60 bits per heavy atom. The molecule has 0 saturated carbocycles. The quantitative estimate of drug-likeness (QED) is 0.561. The van der Waals surface area contributed by atoms with Gasteiger partial charge in [0.1, 0.15) is 6.10 Å². The van der Waals surface area contributed by atoms with Crippen LogP contribution in [0.3, 0.4) is 0 Å². The van der Waals surface area contributed by atoms with E-state index >= 15 is 0 Å². The summed E-state index contributed by atoms with van der Waals surface area (Å²) in [4.78, 5) is 0. The lowest BCUT2D eigenvalue weighted by Crippen LogP contribution is -2.04. The van der Waals surface area contributed by atoms with Crippen LogP contribution in [0, 0.1) is 0 Å². The number of rotatable bonds is 6. The fraction of sp³-hybridized carbons (Fsp3) is 0.231. The van der Waals surface area contributed by atoms with E-state index in [1.807, 2.05) is 30.3 Å². The minimum absolute atomic E-state index is 0.0537. The molecule has 0 N–H and O–H groups in total. The predicted molar refractivity (Wildman–Crippen MR) is 68.3 cm³/mol. The Hall–Kier alpha value is -0.860. The van der Waals surface area contributed by atoms with E-state index in [4.69, 9.17) is 4.74 Å². The SMILES string of the molecule is C=CC(OCC(=C)CBr)c1ccccc1. The van der Waals surface area contributed by atoms with E-state index in [2.05, 4.69) is 29.1 Å². The van der Waals surface area contributed by atoms with Crippen LogP contribution in [0.25, 0.3) is 0 Å². The number of hydrogen-bond acceptors (Lipinski definition) is 1. The zero-order valence-corrected chi connectivity index (χ0v) is 10.2. The molecular weight excluding hydrogens is 252 g/mol. The van der Waals surface area contributed by atoms with Crippen LogP contribution in [0.2, 0.25) is 0 Å². The van der Waals surface area contributed by atoms with Crippen molar-refractivity contribution in [3.63, 3.8) is 0 Å². The van der Waals surface area contributed by atoms with Gasteiger partial charge in [-0.3, -0.25) is 0 Å². The van der Waals surface area contributed by atoms with Gasteiger partial charge in [0.2, 0.25) is 0 Å². The first kappa shape index (κ1) is 12.2. The monoisotopic (exact) mass is 266 g/mol. The molecule has 1 aromatic rings. The highest BCUT2D eigenvalue weighted by molar-refractivity contribution is 9.09. The predicted octanol–water partition coefficient (Wildman–Crippen LogP) is 3.88. The molecule has 15 heavy (non-hydrogen) atoms.